The van der Waals surface area contributed by atoms with Crippen LogP contribution in [0.15, 0.2) is 53.1 Å². The molecule has 1 aliphatic heterocycles. The number of nitrogens with one attached hydrogen (secondary N) is 1. The minimum Gasteiger partial charge on any atom is -0.497 e. The third-order valence-electron chi connectivity index (χ3n) is 6.39. The number of hydrogen-bond donors (Lipinski definition) is 1. The molecule has 3 atom stereocenters. The number of aromatic nitrogens is 2. The summed E-state index contributed by atoms with van der Waals surface area (Å²) in [6.45, 7) is 0.228. The number of imide groups is 1. The summed E-state index contributed by atoms with van der Waals surface area (Å²) in [4.78, 5) is 31.7. The summed E-state index contributed by atoms with van der Waals surface area (Å²) >= 11 is 6.25. The molecule has 1 aliphatic carbocycles. The zero-order chi connectivity index (χ0) is 22.9. The van der Waals surface area contributed by atoms with Gasteiger partial charge in [0.05, 0.1) is 24.6 Å². The largest absolute Gasteiger partial charge is 0.497 e. The fourth-order valence-corrected chi connectivity index (χ4v) is 4.82. The summed E-state index contributed by atoms with van der Waals surface area (Å²) in [6, 6.07) is 14.0. The molecule has 3 amide bonds. The van der Waals surface area contributed by atoms with E-state index in [-0.39, 0.29) is 36.4 Å². The first kappa shape index (κ1) is 21.5. The number of fused-ring (bicyclic) bond motifs is 1. The summed E-state index contributed by atoms with van der Waals surface area (Å²) in [7, 11) is 1.60. The van der Waals surface area contributed by atoms with Crippen LogP contribution in [0.2, 0.25) is 5.02 Å². The number of carbonyl (C=O) groups excluding carboxylic acids is 2. The van der Waals surface area contributed by atoms with Crippen molar-refractivity contribution in [3.8, 4) is 17.1 Å². The number of benzene rings is 2. The number of urea groups is 1. The molecule has 2 aromatic carbocycles. The lowest BCUT2D eigenvalue weighted by atomic mass is 9.76. The highest BCUT2D eigenvalue weighted by Gasteiger charge is 2.45. The Morgan fingerprint density at radius 2 is 1.94 bits per heavy atom. The molecule has 0 bridgehead atoms. The van der Waals surface area contributed by atoms with Gasteiger partial charge in [-0.15, -0.1) is 0 Å². The normalized spacial score (nSPS) is 22.6. The van der Waals surface area contributed by atoms with Crippen LogP contribution >= 0.6 is 11.6 Å². The molecule has 3 aromatic rings. The van der Waals surface area contributed by atoms with E-state index in [0.717, 1.165) is 17.7 Å². The van der Waals surface area contributed by atoms with Crippen molar-refractivity contribution in [2.24, 2.45) is 5.92 Å². The van der Waals surface area contributed by atoms with Crippen molar-refractivity contribution >= 4 is 23.5 Å². The van der Waals surface area contributed by atoms with E-state index in [1.54, 1.807) is 13.2 Å². The Kier molecular flexibility index (Phi) is 5.76. The molecule has 9 heteroatoms. The number of ether oxygens (including phenoxy) is 1. The van der Waals surface area contributed by atoms with E-state index in [2.05, 4.69) is 15.5 Å². The monoisotopic (exact) mass is 466 g/mol. The zero-order valence-electron chi connectivity index (χ0n) is 18.0. The Morgan fingerprint density at radius 3 is 2.70 bits per heavy atom. The van der Waals surface area contributed by atoms with E-state index in [4.69, 9.17) is 20.9 Å². The highest BCUT2D eigenvalue weighted by atomic mass is 35.5. The van der Waals surface area contributed by atoms with E-state index in [0.29, 0.717) is 35.1 Å². The molecule has 1 aromatic heterocycles. The minimum atomic E-state index is -0.375. The Morgan fingerprint density at radius 1 is 1.15 bits per heavy atom. The number of amides is 3. The van der Waals surface area contributed by atoms with Gasteiger partial charge in [0, 0.05) is 17.5 Å². The molecular formula is C24H23ClN4O4. The van der Waals surface area contributed by atoms with Crippen LogP contribution in [-0.4, -0.2) is 40.1 Å². The second-order valence-electron chi connectivity index (χ2n) is 8.38. The molecular weight excluding hydrogens is 444 g/mol. The fraction of sp³-hybridized carbons (Fsp3) is 0.333. The van der Waals surface area contributed by atoms with Crippen LogP contribution in [0.5, 0.6) is 5.75 Å². The van der Waals surface area contributed by atoms with Gasteiger partial charge >= 0.3 is 6.03 Å². The molecule has 0 spiro atoms. The molecule has 1 saturated heterocycles. The van der Waals surface area contributed by atoms with Crippen LogP contribution in [0, 0.1) is 5.92 Å². The first-order valence-corrected chi connectivity index (χ1v) is 11.2. The smallest absolute Gasteiger partial charge is 0.324 e. The molecule has 8 nitrogen and oxygen atoms in total. The molecule has 0 radical (unpaired) electrons. The van der Waals surface area contributed by atoms with Gasteiger partial charge in [-0.2, -0.15) is 4.98 Å². The molecule has 2 heterocycles. The average molecular weight is 467 g/mol. The lowest BCUT2D eigenvalue weighted by Crippen LogP contribution is -2.60. The van der Waals surface area contributed by atoms with Crippen LogP contribution in [0.3, 0.4) is 0 Å². The molecule has 2 aliphatic rings. The van der Waals surface area contributed by atoms with E-state index >= 15 is 0 Å². The maximum atomic E-state index is 13.1. The van der Waals surface area contributed by atoms with Crippen LogP contribution in [0.4, 0.5) is 4.79 Å². The highest BCUT2D eigenvalue weighted by molar-refractivity contribution is 6.33. The second-order valence-corrected chi connectivity index (χ2v) is 8.79. The summed E-state index contributed by atoms with van der Waals surface area (Å²) in [5, 5.41) is 7.66. The number of rotatable bonds is 5. The summed E-state index contributed by atoms with van der Waals surface area (Å²) in [6.07, 6.45) is 1.93. The minimum absolute atomic E-state index is 0.0313. The van der Waals surface area contributed by atoms with Crippen molar-refractivity contribution < 1.29 is 18.8 Å². The van der Waals surface area contributed by atoms with Crippen LogP contribution in [-0.2, 0) is 11.3 Å². The van der Waals surface area contributed by atoms with Crippen molar-refractivity contribution in [1.82, 2.24) is 20.4 Å². The van der Waals surface area contributed by atoms with Gasteiger partial charge in [0.2, 0.25) is 17.6 Å². The molecule has 170 valence electrons. The van der Waals surface area contributed by atoms with E-state index in [1.807, 2.05) is 42.5 Å². The quantitative estimate of drug-likeness (QED) is 0.598. The van der Waals surface area contributed by atoms with Gasteiger partial charge in [0.15, 0.2) is 0 Å². The third kappa shape index (κ3) is 4.18. The number of halogens is 1. The van der Waals surface area contributed by atoms with E-state index in [9.17, 15) is 9.59 Å². The third-order valence-corrected chi connectivity index (χ3v) is 6.72. The van der Waals surface area contributed by atoms with Gasteiger partial charge in [0.25, 0.3) is 0 Å². The second kappa shape index (κ2) is 8.86. The molecule has 33 heavy (non-hydrogen) atoms. The molecule has 1 saturated carbocycles. The van der Waals surface area contributed by atoms with Gasteiger partial charge in [-0.1, -0.05) is 41.0 Å². The van der Waals surface area contributed by atoms with Gasteiger partial charge in [-0.3, -0.25) is 9.69 Å². The SMILES string of the molecule is COc1ccc(CN2C(=O)NC3CC(c4nc(-c5ccccc5Cl)no4)CCC3C2=O)cc1. The lowest BCUT2D eigenvalue weighted by molar-refractivity contribution is -0.137. The maximum Gasteiger partial charge on any atom is 0.324 e. The number of carbonyl (C=O) groups is 2. The Labute approximate surface area is 195 Å². The number of nitrogens with zero attached hydrogens (tertiary/aromatic N) is 3. The van der Waals surface area contributed by atoms with Gasteiger partial charge in [-0.05, 0) is 49.1 Å². The summed E-state index contributed by atoms with van der Waals surface area (Å²) in [5.41, 5.74) is 1.57. The standard InChI is InChI=1S/C24H23ClN4O4/c1-32-16-9-6-14(7-10-16)13-29-23(30)18-11-8-15(12-20(18)26-24(29)31)22-27-21(28-33-22)17-4-2-3-5-19(17)25/h2-7,9-10,15,18,20H,8,11-13H2,1H3,(H,26,31). The predicted octanol–water partition coefficient (Wildman–Crippen LogP) is 4.40. The number of hydrogen-bond acceptors (Lipinski definition) is 6. The molecule has 3 unspecified atom stereocenters. The van der Waals surface area contributed by atoms with Crippen molar-refractivity contribution in [3.63, 3.8) is 0 Å². The summed E-state index contributed by atoms with van der Waals surface area (Å²) < 4.78 is 10.7. The molecule has 2 fully saturated rings. The maximum absolute atomic E-state index is 13.1. The Balaban J connectivity index is 1.27. The van der Waals surface area contributed by atoms with Gasteiger partial charge in [-0.25, -0.2) is 4.79 Å². The van der Waals surface area contributed by atoms with Gasteiger partial charge < -0.3 is 14.6 Å². The van der Waals surface area contributed by atoms with Gasteiger partial charge in [0.1, 0.15) is 5.75 Å². The van der Waals surface area contributed by atoms with E-state index < -0.39 is 0 Å². The van der Waals surface area contributed by atoms with Crippen LogP contribution in [0.25, 0.3) is 11.4 Å². The fourth-order valence-electron chi connectivity index (χ4n) is 4.60. The van der Waals surface area contributed by atoms with Crippen LogP contribution < -0.4 is 10.1 Å². The average Bonchev–Trinajstić information content (AvgIpc) is 3.32. The predicted molar refractivity (Wildman–Crippen MR) is 121 cm³/mol. The van der Waals surface area contributed by atoms with Crippen molar-refractivity contribution in [3.05, 3.63) is 65.0 Å². The van der Waals surface area contributed by atoms with E-state index in [1.165, 1.54) is 4.90 Å². The number of methoxy groups -OCH3 is 1. The van der Waals surface area contributed by atoms with Crippen LogP contribution in [0.1, 0.15) is 36.6 Å². The zero-order valence-corrected chi connectivity index (χ0v) is 18.8. The topological polar surface area (TPSA) is 97.6 Å². The molecule has 5 rings (SSSR count). The highest BCUT2D eigenvalue weighted by Crippen LogP contribution is 2.39. The summed E-state index contributed by atoms with van der Waals surface area (Å²) in [5.74, 6) is 1.24. The Bertz CT molecular complexity index is 1180. The van der Waals surface area contributed by atoms with Crippen molar-refractivity contribution in [2.75, 3.05) is 7.11 Å². The lowest BCUT2D eigenvalue weighted by Gasteiger charge is -2.41. The first-order valence-electron chi connectivity index (χ1n) is 10.9. The Hall–Kier alpha value is -3.39. The van der Waals surface area contributed by atoms with Crippen molar-refractivity contribution in [1.29, 1.82) is 0 Å². The van der Waals surface area contributed by atoms with Crippen molar-refractivity contribution in [2.45, 2.75) is 37.8 Å². The molecule has 1 N–H and O–H groups in total. The first-order chi connectivity index (χ1) is 16.0.